The molecule has 0 aliphatic rings. The van der Waals surface area contributed by atoms with Crippen LogP contribution in [0.2, 0.25) is 14.1 Å². The summed E-state index contributed by atoms with van der Waals surface area (Å²) in [7, 11) is 0. The number of hydrogen-bond acceptors (Lipinski definition) is 1. The quantitative estimate of drug-likeness (QED) is 0.573. The molecule has 0 rings (SSSR count). The van der Waals surface area contributed by atoms with Crippen LogP contribution in [0.25, 0.3) is 0 Å². The molecular weight excluding hydrogens is 184 g/mol. The molecule has 0 aromatic rings. The molecule has 1 nitrogen and oxygen atoms in total. The van der Waals surface area contributed by atoms with Crippen LogP contribution in [0.15, 0.2) is 0 Å². The molecule has 0 aromatic heterocycles. The zero-order valence-corrected chi connectivity index (χ0v) is 6.65. The standard InChI is InChI=1S/C2H2N.2CH3.Sb/c1-2-3;;;/h1H2;2*1H3;. The number of nitrogens with zero attached hydrogens (tertiary/aromatic N) is 1. The molecular formula is C4H8NSb. The second kappa shape index (κ2) is 3.50. The Morgan fingerprint density at radius 2 is 2.17 bits per heavy atom. The molecule has 2 heteroatoms. The molecule has 0 bridgehead atoms. The third-order valence-corrected chi connectivity index (χ3v) is 2.60. The van der Waals surface area contributed by atoms with E-state index in [4.69, 9.17) is 5.26 Å². The summed E-state index contributed by atoms with van der Waals surface area (Å²) in [5.41, 5.74) is 0. The van der Waals surface area contributed by atoms with Crippen molar-refractivity contribution in [3.05, 3.63) is 0 Å². The molecule has 0 amide bonds. The van der Waals surface area contributed by atoms with Crippen molar-refractivity contribution in [3.8, 4) is 6.07 Å². The van der Waals surface area contributed by atoms with Gasteiger partial charge in [0.2, 0.25) is 0 Å². The van der Waals surface area contributed by atoms with Crippen molar-refractivity contribution in [2.24, 2.45) is 0 Å². The first-order valence-corrected chi connectivity index (χ1v) is 8.70. The molecule has 0 atom stereocenters. The summed E-state index contributed by atoms with van der Waals surface area (Å²) < 4.78 is 0.864. The van der Waals surface area contributed by atoms with Gasteiger partial charge in [0, 0.05) is 0 Å². The molecule has 0 radical (unpaired) electrons. The van der Waals surface area contributed by atoms with E-state index in [2.05, 4.69) is 15.8 Å². The van der Waals surface area contributed by atoms with Crippen LogP contribution in [0, 0.1) is 11.3 Å². The Hall–Kier alpha value is 0.308. The summed E-state index contributed by atoms with van der Waals surface area (Å²) in [6.45, 7) is 0. The van der Waals surface area contributed by atoms with Crippen molar-refractivity contribution in [3.63, 3.8) is 0 Å². The Kier molecular flexibility index (Phi) is 3.68. The average Bonchev–Trinajstić information content (AvgIpc) is 1.35. The van der Waals surface area contributed by atoms with Crippen molar-refractivity contribution in [1.29, 1.82) is 5.26 Å². The normalized spacial score (nSPS) is 8.33. The summed E-state index contributed by atoms with van der Waals surface area (Å²) in [6, 6.07) is 2.15. The van der Waals surface area contributed by atoms with Crippen LogP contribution in [-0.2, 0) is 0 Å². The fraction of sp³-hybridized carbons (Fsp3) is 0.750. The summed E-state index contributed by atoms with van der Waals surface area (Å²) in [6.07, 6.45) is 0. The van der Waals surface area contributed by atoms with Crippen molar-refractivity contribution in [1.82, 2.24) is 0 Å². The SMILES string of the molecule is [CH3][Sb]([CH3])[CH2]C#N. The Balaban J connectivity index is 2.88. The fourth-order valence-electron chi connectivity index (χ4n) is 0.141. The predicted octanol–water partition coefficient (Wildman–Crippen LogP) is 1.26. The van der Waals surface area contributed by atoms with Crippen LogP contribution in [-0.4, -0.2) is 20.2 Å². The maximum atomic E-state index is 8.03. The van der Waals surface area contributed by atoms with Gasteiger partial charge in [-0.3, -0.25) is 0 Å². The summed E-state index contributed by atoms with van der Waals surface area (Å²) in [4.78, 5) is 4.43. The van der Waals surface area contributed by atoms with E-state index < -0.39 is 20.2 Å². The van der Waals surface area contributed by atoms with Crippen molar-refractivity contribution in [2.75, 3.05) is 0 Å². The third-order valence-electron chi connectivity index (χ3n) is 0.387. The van der Waals surface area contributed by atoms with E-state index in [1.807, 2.05) is 0 Å². The van der Waals surface area contributed by atoms with Gasteiger partial charge in [-0.2, -0.15) is 0 Å². The number of hydrogen-bond donors (Lipinski definition) is 0. The molecule has 0 spiro atoms. The summed E-state index contributed by atoms with van der Waals surface area (Å²) >= 11 is -0.874. The van der Waals surface area contributed by atoms with Gasteiger partial charge in [-0.15, -0.1) is 0 Å². The minimum atomic E-state index is -0.874. The molecule has 0 fully saturated rings. The van der Waals surface area contributed by atoms with Crippen molar-refractivity contribution >= 4 is 20.2 Å². The molecule has 0 unspecified atom stereocenters. The van der Waals surface area contributed by atoms with E-state index in [1.54, 1.807) is 0 Å². The van der Waals surface area contributed by atoms with Gasteiger partial charge in [-0.1, -0.05) is 0 Å². The van der Waals surface area contributed by atoms with E-state index in [-0.39, 0.29) is 0 Å². The van der Waals surface area contributed by atoms with Crippen molar-refractivity contribution in [2.45, 2.75) is 14.1 Å². The van der Waals surface area contributed by atoms with Crippen LogP contribution >= 0.6 is 0 Å². The van der Waals surface area contributed by atoms with E-state index in [0.29, 0.717) is 0 Å². The Bertz CT molecular complexity index is 62.4. The molecule has 6 heavy (non-hydrogen) atoms. The minimum absolute atomic E-state index is 0.864. The second-order valence-corrected chi connectivity index (χ2v) is 8.46. The monoisotopic (exact) mass is 191 g/mol. The average molecular weight is 192 g/mol. The van der Waals surface area contributed by atoms with E-state index in [1.165, 1.54) is 0 Å². The first kappa shape index (κ1) is 6.31. The third kappa shape index (κ3) is 4.31. The van der Waals surface area contributed by atoms with E-state index in [0.717, 1.165) is 4.37 Å². The Morgan fingerprint density at radius 3 is 2.17 bits per heavy atom. The molecule has 0 aliphatic heterocycles. The second-order valence-electron chi connectivity index (χ2n) is 1.40. The predicted molar refractivity (Wildman–Crippen MR) is 27.9 cm³/mol. The molecule has 0 aliphatic carbocycles. The molecule has 0 saturated heterocycles. The van der Waals surface area contributed by atoms with Crippen LogP contribution in [0.1, 0.15) is 0 Å². The van der Waals surface area contributed by atoms with Crippen LogP contribution < -0.4 is 0 Å². The van der Waals surface area contributed by atoms with Crippen molar-refractivity contribution < 1.29 is 0 Å². The molecule has 0 aromatic carbocycles. The zero-order chi connectivity index (χ0) is 4.99. The van der Waals surface area contributed by atoms with Gasteiger partial charge in [-0.25, -0.2) is 0 Å². The number of rotatable bonds is 1. The van der Waals surface area contributed by atoms with Gasteiger partial charge in [0.05, 0.1) is 0 Å². The maximum absolute atomic E-state index is 8.03. The first-order chi connectivity index (χ1) is 2.77. The fourth-order valence-corrected chi connectivity index (χ4v) is 0.949. The first-order valence-electron chi connectivity index (χ1n) is 1.79. The topological polar surface area (TPSA) is 23.8 Å². The van der Waals surface area contributed by atoms with Crippen LogP contribution in [0.3, 0.4) is 0 Å². The van der Waals surface area contributed by atoms with Gasteiger partial charge < -0.3 is 0 Å². The van der Waals surface area contributed by atoms with E-state index >= 15 is 0 Å². The molecule has 0 saturated carbocycles. The van der Waals surface area contributed by atoms with Gasteiger partial charge in [-0.05, 0) is 0 Å². The Morgan fingerprint density at radius 1 is 1.67 bits per heavy atom. The summed E-state index contributed by atoms with van der Waals surface area (Å²) in [5.74, 6) is 0. The molecule has 0 heterocycles. The molecule has 0 N–H and O–H groups in total. The van der Waals surface area contributed by atoms with Crippen LogP contribution in [0.5, 0.6) is 0 Å². The van der Waals surface area contributed by atoms with Gasteiger partial charge >= 0.3 is 45.6 Å². The summed E-state index contributed by atoms with van der Waals surface area (Å²) in [5, 5.41) is 8.03. The van der Waals surface area contributed by atoms with Gasteiger partial charge in [0.1, 0.15) is 0 Å². The van der Waals surface area contributed by atoms with Crippen LogP contribution in [0.4, 0.5) is 0 Å². The van der Waals surface area contributed by atoms with Gasteiger partial charge in [0.25, 0.3) is 0 Å². The van der Waals surface area contributed by atoms with Gasteiger partial charge in [0.15, 0.2) is 0 Å². The molecule has 34 valence electrons. The number of nitriles is 1. The zero-order valence-electron chi connectivity index (χ0n) is 4.10. The van der Waals surface area contributed by atoms with E-state index in [9.17, 15) is 0 Å². The Labute approximate surface area is 45.9 Å².